The minimum Gasteiger partial charge on any atom is -0.316 e. The highest BCUT2D eigenvalue weighted by Gasteiger charge is 2.38. The van der Waals surface area contributed by atoms with Crippen LogP contribution in [0.5, 0.6) is 0 Å². The summed E-state index contributed by atoms with van der Waals surface area (Å²) >= 11 is 0. The Morgan fingerprint density at radius 3 is 2.68 bits per heavy atom. The van der Waals surface area contributed by atoms with E-state index < -0.39 is 25.1 Å². The van der Waals surface area contributed by atoms with E-state index in [1.165, 1.54) is 0 Å². The highest BCUT2D eigenvalue weighted by Crippen LogP contribution is 2.25. The van der Waals surface area contributed by atoms with Gasteiger partial charge >= 0.3 is 0 Å². The van der Waals surface area contributed by atoms with Crippen LogP contribution in [0.4, 0.5) is 0 Å². The number of rotatable bonds is 4. The maximum absolute atomic E-state index is 12.1. The van der Waals surface area contributed by atoms with E-state index in [1.807, 2.05) is 6.92 Å². The molecule has 2 rings (SSSR count). The first-order valence-electron chi connectivity index (χ1n) is 6.62. The number of nitrogens with one attached hydrogen (secondary N) is 2. The first kappa shape index (κ1) is 15.2. The third-order valence-corrected chi connectivity index (χ3v) is 7.82. The third-order valence-electron chi connectivity index (χ3n) is 4.02. The van der Waals surface area contributed by atoms with E-state index in [-0.39, 0.29) is 23.3 Å². The lowest BCUT2D eigenvalue weighted by molar-refractivity contribution is 0.238. The molecule has 0 aromatic rings. The number of hydrogen-bond donors (Lipinski definition) is 2. The summed E-state index contributed by atoms with van der Waals surface area (Å²) < 4.78 is 49.5. The topological polar surface area (TPSA) is 92.3 Å². The highest BCUT2D eigenvalue weighted by atomic mass is 32.2. The first-order valence-corrected chi connectivity index (χ1v) is 9.99. The Hall–Kier alpha value is -0.180. The summed E-state index contributed by atoms with van der Waals surface area (Å²) in [5.41, 5.74) is -0.0806. The molecule has 0 aromatic heterocycles. The van der Waals surface area contributed by atoms with Crippen LogP contribution in [0.3, 0.4) is 0 Å². The van der Waals surface area contributed by atoms with Gasteiger partial charge in [-0.05, 0) is 31.2 Å². The molecule has 0 amide bonds. The van der Waals surface area contributed by atoms with E-state index in [4.69, 9.17) is 0 Å². The smallest absolute Gasteiger partial charge is 0.215 e. The Morgan fingerprint density at radius 1 is 1.42 bits per heavy atom. The summed E-state index contributed by atoms with van der Waals surface area (Å²) in [5, 5.41) is 2.48. The lowest BCUT2D eigenvalue weighted by Gasteiger charge is -2.34. The molecule has 0 radical (unpaired) electrons. The van der Waals surface area contributed by atoms with Crippen LogP contribution in [-0.2, 0) is 19.9 Å². The molecule has 2 fully saturated rings. The van der Waals surface area contributed by atoms with Crippen LogP contribution < -0.4 is 10.0 Å². The molecule has 2 aliphatic rings. The van der Waals surface area contributed by atoms with Crippen molar-refractivity contribution < 1.29 is 16.8 Å². The van der Waals surface area contributed by atoms with Crippen LogP contribution in [0.25, 0.3) is 0 Å². The van der Waals surface area contributed by atoms with Gasteiger partial charge in [0.25, 0.3) is 0 Å². The predicted molar refractivity (Wildman–Crippen MR) is 74.2 cm³/mol. The fraction of sp³-hybridized carbons (Fsp3) is 1.00. The monoisotopic (exact) mass is 310 g/mol. The molecule has 2 N–H and O–H groups in total. The minimum absolute atomic E-state index is 0.0165. The van der Waals surface area contributed by atoms with Crippen LogP contribution in [0.15, 0.2) is 0 Å². The van der Waals surface area contributed by atoms with Gasteiger partial charge in [0.15, 0.2) is 9.84 Å². The lowest BCUT2D eigenvalue weighted by atomic mass is 9.83. The van der Waals surface area contributed by atoms with Gasteiger partial charge in [-0.15, -0.1) is 0 Å². The van der Waals surface area contributed by atoms with E-state index in [2.05, 4.69) is 10.0 Å². The molecule has 8 heteroatoms. The Labute approximate surface area is 115 Å². The zero-order valence-corrected chi connectivity index (χ0v) is 12.8. The van der Waals surface area contributed by atoms with Crippen molar-refractivity contribution in [3.8, 4) is 0 Å². The quantitative estimate of drug-likeness (QED) is 0.729. The van der Waals surface area contributed by atoms with Crippen LogP contribution in [-0.4, -0.2) is 53.2 Å². The molecule has 2 saturated heterocycles. The van der Waals surface area contributed by atoms with Crippen molar-refractivity contribution in [2.75, 3.05) is 31.1 Å². The van der Waals surface area contributed by atoms with E-state index in [9.17, 15) is 16.8 Å². The van der Waals surface area contributed by atoms with E-state index in [1.54, 1.807) is 0 Å². The Balaban J connectivity index is 1.95. The van der Waals surface area contributed by atoms with Crippen molar-refractivity contribution in [3.05, 3.63) is 0 Å². The van der Waals surface area contributed by atoms with Crippen LogP contribution in [0.2, 0.25) is 0 Å². The SMILES string of the molecule is CC1(CNS(=O)(=O)C2CCS(=O)(=O)C2)CCCNC1. The van der Waals surface area contributed by atoms with Crippen molar-refractivity contribution in [2.24, 2.45) is 5.41 Å². The van der Waals surface area contributed by atoms with Gasteiger partial charge in [0.1, 0.15) is 0 Å². The Kier molecular flexibility index (Phi) is 4.25. The average molecular weight is 310 g/mol. The zero-order chi connectivity index (χ0) is 14.1. The molecular formula is C11H22N2O4S2. The van der Waals surface area contributed by atoms with Gasteiger partial charge in [0.05, 0.1) is 16.8 Å². The molecular weight excluding hydrogens is 288 g/mol. The van der Waals surface area contributed by atoms with Gasteiger partial charge in [0, 0.05) is 13.1 Å². The molecule has 0 spiro atoms. The average Bonchev–Trinajstić information content (AvgIpc) is 2.69. The lowest BCUT2D eigenvalue weighted by Crippen LogP contribution is -2.47. The fourth-order valence-electron chi connectivity index (χ4n) is 2.67. The van der Waals surface area contributed by atoms with Gasteiger partial charge in [-0.2, -0.15) is 0 Å². The third kappa shape index (κ3) is 3.90. The normalized spacial score (nSPS) is 35.3. The van der Waals surface area contributed by atoms with Crippen LogP contribution in [0.1, 0.15) is 26.2 Å². The maximum atomic E-state index is 12.1. The molecule has 0 saturated carbocycles. The van der Waals surface area contributed by atoms with E-state index >= 15 is 0 Å². The van der Waals surface area contributed by atoms with Gasteiger partial charge in [-0.25, -0.2) is 21.6 Å². The van der Waals surface area contributed by atoms with Crippen molar-refractivity contribution in [2.45, 2.75) is 31.4 Å². The summed E-state index contributed by atoms with van der Waals surface area (Å²) in [6, 6.07) is 0. The van der Waals surface area contributed by atoms with Gasteiger partial charge in [-0.3, -0.25) is 0 Å². The minimum atomic E-state index is -3.53. The second-order valence-electron chi connectivity index (χ2n) is 5.98. The summed E-state index contributed by atoms with van der Waals surface area (Å²) in [4.78, 5) is 0. The maximum Gasteiger partial charge on any atom is 0.215 e. The largest absolute Gasteiger partial charge is 0.316 e. The van der Waals surface area contributed by atoms with Crippen molar-refractivity contribution in [1.82, 2.24) is 10.0 Å². The highest BCUT2D eigenvalue weighted by molar-refractivity contribution is 7.95. The Morgan fingerprint density at radius 2 is 2.16 bits per heavy atom. The predicted octanol–water partition coefficient (Wildman–Crippen LogP) is -0.517. The molecule has 6 nitrogen and oxygen atoms in total. The number of piperidine rings is 1. The fourth-order valence-corrected chi connectivity index (χ4v) is 6.91. The second-order valence-corrected chi connectivity index (χ2v) is 10.3. The molecule has 19 heavy (non-hydrogen) atoms. The van der Waals surface area contributed by atoms with Crippen LogP contribution >= 0.6 is 0 Å². The molecule has 0 aliphatic carbocycles. The van der Waals surface area contributed by atoms with Crippen LogP contribution in [0, 0.1) is 5.41 Å². The summed E-state index contributed by atoms with van der Waals surface area (Å²) in [6.45, 7) is 4.19. The molecule has 112 valence electrons. The van der Waals surface area contributed by atoms with Gasteiger partial charge in [0.2, 0.25) is 10.0 Å². The molecule has 2 heterocycles. The summed E-state index contributed by atoms with van der Waals surface area (Å²) in [5.74, 6) is -0.255. The zero-order valence-electron chi connectivity index (χ0n) is 11.2. The standard InChI is InChI=1S/C11H22N2O4S2/c1-11(4-2-5-12-8-11)9-13-19(16,17)10-3-6-18(14,15)7-10/h10,12-13H,2-9H2,1H3. The summed E-state index contributed by atoms with van der Waals surface area (Å²) in [6.07, 6.45) is 2.23. The Bertz CT molecular complexity index is 521. The number of sulfonamides is 1. The molecule has 2 unspecified atom stereocenters. The van der Waals surface area contributed by atoms with Crippen molar-refractivity contribution in [3.63, 3.8) is 0 Å². The van der Waals surface area contributed by atoms with Gasteiger partial charge in [-0.1, -0.05) is 6.92 Å². The number of sulfone groups is 1. The second kappa shape index (κ2) is 5.31. The van der Waals surface area contributed by atoms with Crippen molar-refractivity contribution >= 4 is 19.9 Å². The van der Waals surface area contributed by atoms with E-state index in [0.29, 0.717) is 6.54 Å². The van der Waals surface area contributed by atoms with E-state index in [0.717, 1.165) is 25.9 Å². The molecule has 0 aromatic carbocycles. The summed E-state index contributed by atoms with van der Waals surface area (Å²) in [7, 11) is -6.69. The first-order chi connectivity index (χ1) is 8.73. The van der Waals surface area contributed by atoms with Gasteiger partial charge < -0.3 is 5.32 Å². The molecule has 0 bridgehead atoms. The molecule has 2 atom stereocenters. The molecule has 2 aliphatic heterocycles. The number of hydrogen-bond acceptors (Lipinski definition) is 5. The van der Waals surface area contributed by atoms with Crippen molar-refractivity contribution in [1.29, 1.82) is 0 Å².